The van der Waals surface area contributed by atoms with Crippen LogP contribution in [0.3, 0.4) is 0 Å². The number of nitriles is 1. The Morgan fingerprint density at radius 2 is 2.00 bits per heavy atom. The molecule has 12 heteroatoms. The minimum absolute atomic E-state index is 0.0552. The molecule has 0 saturated carbocycles. The molecule has 2 rings (SSSR count). The maximum Gasteiger partial charge on any atom is 0.440 e. The van der Waals surface area contributed by atoms with Gasteiger partial charge in [0.05, 0.1) is 17.7 Å². The van der Waals surface area contributed by atoms with E-state index in [1.807, 2.05) is 5.48 Å². The summed E-state index contributed by atoms with van der Waals surface area (Å²) >= 11 is 5.92. The Bertz CT molecular complexity index is 1010. The van der Waals surface area contributed by atoms with Crippen molar-refractivity contribution in [3.05, 3.63) is 63.9 Å². The number of carbonyl (C=O) groups excluding carboxylic acids is 1. The van der Waals surface area contributed by atoms with Gasteiger partial charge in [0.15, 0.2) is 11.5 Å². The summed E-state index contributed by atoms with van der Waals surface area (Å²) in [6.07, 6.45) is -5.70. The summed E-state index contributed by atoms with van der Waals surface area (Å²) in [5.74, 6) is -1.11. The molecule has 0 saturated heterocycles. The van der Waals surface area contributed by atoms with Gasteiger partial charge in [-0.15, -0.1) is 0 Å². The Morgan fingerprint density at radius 3 is 2.63 bits per heavy atom. The zero-order valence-corrected chi connectivity index (χ0v) is 15.8. The van der Waals surface area contributed by atoms with E-state index >= 15 is 0 Å². The Labute approximate surface area is 172 Å². The Balaban J connectivity index is 2.20. The van der Waals surface area contributed by atoms with E-state index in [1.165, 1.54) is 18.2 Å². The summed E-state index contributed by atoms with van der Waals surface area (Å²) in [6, 6.07) is 7.75. The van der Waals surface area contributed by atoms with Crippen LogP contribution in [0.25, 0.3) is 0 Å². The van der Waals surface area contributed by atoms with Crippen molar-refractivity contribution in [3.8, 4) is 11.8 Å². The van der Waals surface area contributed by atoms with Crippen LogP contribution in [0.1, 0.15) is 16.7 Å². The number of carbonyl (C=O) groups is 1. The highest BCUT2D eigenvalue weighted by atomic mass is 35.5. The van der Waals surface area contributed by atoms with Crippen molar-refractivity contribution in [2.45, 2.75) is 12.8 Å². The number of nitrogens with one attached hydrogen (secondary N) is 1. The van der Waals surface area contributed by atoms with Crippen LogP contribution in [0.15, 0.2) is 41.6 Å². The molecule has 30 heavy (non-hydrogen) atoms. The molecule has 0 heterocycles. The van der Waals surface area contributed by atoms with Crippen LogP contribution in [-0.4, -0.2) is 18.9 Å². The van der Waals surface area contributed by atoms with Gasteiger partial charge in [0.2, 0.25) is 0 Å². The van der Waals surface area contributed by atoms with Crippen molar-refractivity contribution in [1.82, 2.24) is 5.48 Å². The molecule has 0 fully saturated rings. The maximum absolute atomic E-state index is 13.1. The van der Waals surface area contributed by atoms with E-state index < -0.39 is 30.3 Å². The van der Waals surface area contributed by atoms with E-state index in [1.54, 1.807) is 6.07 Å². The molecule has 1 amide bonds. The molecular weight excluding hydrogens is 434 g/mol. The van der Waals surface area contributed by atoms with E-state index in [0.717, 1.165) is 19.2 Å². The number of hydrogen-bond acceptors (Lipinski definition) is 6. The van der Waals surface area contributed by atoms with Crippen LogP contribution in [0, 0.1) is 17.1 Å². The zero-order chi connectivity index (χ0) is 22.3. The van der Waals surface area contributed by atoms with E-state index in [4.69, 9.17) is 21.3 Å². The third-order valence-corrected chi connectivity index (χ3v) is 3.81. The molecule has 0 spiro atoms. The molecule has 0 aliphatic carbocycles. The molecule has 0 atom stereocenters. The normalized spacial score (nSPS) is 11.4. The Hall–Kier alpha value is -3.52. The standard InChI is InChI=1S/C18H12ClF4N3O4/c1-28-17(27)26-30-16-6-10(3-5-14(16)19)15(8-24)25-29-9-11-2-4-12(20)7-13(11)18(21,22)23/h2-7H,9H2,1H3,(H,26,27)/b25-15+. The first-order chi connectivity index (χ1) is 14.2. The monoisotopic (exact) mass is 445 g/mol. The number of benzene rings is 2. The fourth-order valence-electron chi connectivity index (χ4n) is 2.11. The number of halogens is 5. The van der Waals surface area contributed by atoms with E-state index in [-0.39, 0.29) is 27.6 Å². The second-order valence-electron chi connectivity index (χ2n) is 5.47. The number of rotatable bonds is 6. The van der Waals surface area contributed by atoms with Gasteiger partial charge in [-0.3, -0.25) is 0 Å². The zero-order valence-electron chi connectivity index (χ0n) is 15.1. The third-order valence-electron chi connectivity index (χ3n) is 3.49. The van der Waals surface area contributed by atoms with Gasteiger partial charge in [-0.1, -0.05) is 28.9 Å². The van der Waals surface area contributed by atoms with Crippen molar-refractivity contribution < 1.29 is 36.8 Å². The SMILES string of the molecule is COC(=O)NOc1cc(/C(C#N)=N/OCc2ccc(F)cc2C(F)(F)F)ccc1Cl. The number of alkyl halides is 3. The van der Waals surface area contributed by atoms with Crippen LogP contribution < -0.4 is 10.3 Å². The molecule has 7 nitrogen and oxygen atoms in total. The maximum atomic E-state index is 13.1. The van der Waals surface area contributed by atoms with Crippen LogP contribution in [-0.2, 0) is 22.4 Å². The number of nitrogens with zero attached hydrogens (tertiary/aromatic N) is 2. The van der Waals surface area contributed by atoms with Crippen LogP contribution in [0.5, 0.6) is 5.75 Å². The number of hydrogen-bond donors (Lipinski definition) is 1. The molecular formula is C18H12ClF4N3O4. The lowest BCUT2D eigenvalue weighted by molar-refractivity contribution is -0.139. The summed E-state index contributed by atoms with van der Waals surface area (Å²) in [5.41, 5.74) is 0.166. The van der Waals surface area contributed by atoms with Crippen molar-refractivity contribution in [3.63, 3.8) is 0 Å². The topological polar surface area (TPSA) is 92.9 Å². The first-order valence-electron chi connectivity index (χ1n) is 7.92. The predicted octanol–water partition coefficient (Wildman–Crippen LogP) is 4.59. The van der Waals surface area contributed by atoms with E-state index in [0.29, 0.717) is 6.07 Å². The number of oxime groups is 1. The quantitative estimate of drug-likeness (QED) is 0.399. The van der Waals surface area contributed by atoms with Gasteiger partial charge in [-0.05, 0) is 24.3 Å². The largest absolute Gasteiger partial charge is 0.451 e. The van der Waals surface area contributed by atoms with Gasteiger partial charge in [0, 0.05) is 11.1 Å². The Kier molecular flexibility index (Phi) is 7.43. The molecule has 158 valence electrons. The van der Waals surface area contributed by atoms with E-state index in [9.17, 15) is 27.6 Å². The molecule has 2 aromatic carbocycles. The highest BCUT2D eigenvalue weighted by Crippen LogP contribution is 2.33. The lowest BCUT2D eigenvalue weighted by atomic mass is 10.1. The van der Waals surface area contributed by atoms with Crippen LogP contribution >= 0.6 is 11.6 Å². The van der Waals surface area contributed by atoms with Crippen LogP contribution in [0.2, 0.25) is 5.02 Å². The molecule has 0 aliphatic rings. The van der Waals surface area contributed by atoms with Crippen LogP contribution in [0.4, 0.5) is 22.4 Å². The molecule has 0 radical (unpaired) electrons. The number of hydroxylamine groups is 1. The fourth-order valence-corrected chi connectivity index (χ4v) is 2.27. The first-order valence-corrected chi connectivity index (χ1v) is 8.30. The van der Waals surface area contributed by atoms with Gasteiger partial charge in [-0.2, -0.15) is 23.9 Å². The van der Waals surface area contributed by atoms with Gasteiger partial charge < -0.3 is 14.4 Å². The molecule has 0 aromatic heterocycles. The number of ether oxygens (including phenoxy) is 1. The van der Waals surface area contributed by atoms with Crippen molar-refractivity contribution >= 4 is 23.4 Å². The van der Waals surface area contributed by atoms with Crippen molar-refractivity contribution in [1.29, 1.82) is 5.26 Å². The summed E-state index contributed by atoms with van der Waals surface area (Å²) in [4.78, 5) is 20.9. The van der Waals surface area contributed by atoms with Gasteiger partial charge in [-0.25, -0.2) is 9.18 Å². The lowest BCUT2D eigenvalue weighted by Crippen LogP contribution is -2.26. The Morgan fingerprint density at radius 1 is 1.27 bits per heavy atom. The van der Waals surface area contributed by atoms with Crippen molar-refractivity contribution in [2.24, 2.45) is 5.16 Å². The summed E-state index contributed by atoms with van der Waals surface area (Å²) in [7, 11) is 1.11. The smallest absolute Gasteiger partial charge is 0.440 e. The molecule has 1 N–H and O–H groups in total. The van der Waals surface area contributed by atoms with Gasteiger partial charge in [0.25, 0.3) is 0 Å². The average molecular weight is 446 g/mol. The molecule has 0 bridgehead atoms. The summed E-state index contributed by atoms with van der Waals surface area (Å²) < 4.78 is 56.5. The number of amides is 1. The predicted molar refractivity (Wildman–Crippen MR) is 96.0 cm³/mol. The van der Waals surface area contributed by atoms with E-state index in [2.05, 4.69) is 9.89 Å². The molecule has 0 aliphatic heterocycles. The minimum atomic E-state index is -4.79. The molecule has 0 unspecified atom stereocenters. The second kappa shape index (κ2) is 9.80. The van der Waals surface area contributed by atoms with Gasteiger partial charge in [0.1, 0.15) is 18.5 Å². The lowest BCUT2D eigenvalue weighted by Gasteiger charge is -2.12. The van der Waals surface area contributed by atoms with Gasteiger partial charge >= 0.3 is 12.3 Å². The summed E-state index contributed by atoms with van der Waals surface area (Å²) in [6.45, 7) is -0.666. The summed E-state index contributed by atoms with van der Waals surface area (Å²) in [5, 5.41) is 12.9. The highest BCUT2D eigenvalue weighted by molar-refractivity contribution is 6.32. The molecule has 2 aromatic rings. The van der Waals surface area contributed by atoms with Crippen molar-refractivity contribution in [2.75, 3.05) is 7.11 Å². The third kappa shape index (κ3) is 5.99. The first kappa shape index (κ1) is 22.8. The second-order valence-corrected chi connectivity index (χ2v) is 5.87. The highest BCUT2D eigenvalue weighted by Gasteiger charge is 2.34. The fraction of sp³-hybridized carbons (Fsp3) is 0.167. The minimum Gasteiger partial charge on any atom is -0.451 e. The number of methoxy groups -OCH3 is 1. The average Bonchev–Trinajstić information content (AvgIpc) is 2.70.